The van der Waals surface area contributed by atoms with Gasteiger partial charge in [0.2, 0.25) is 0 Å². The average molecular weight is 404 g/mol. The number of alkyl halides is 1. The molecule has 1 N–H and O–H groups in total. The molecule has 0 bridgehead atoms. The second-order valence-corrected chi connectivity index (χ2v) is 7.45. The predicted molar refractivity (Wildman–Crippen MR) is 103 cm³/mol. The minimum atomic E-state index is -1.26. The standard InChI is InChI=1S/C19H19ClFN5O2/c1-10-5-12-8-22-26(18-7-17(20)23-11(2)24-18)16(12)6-14(10)13-3-4-25(19(27)28)9-15(13)21/h5-8,13,15H,3-4,9H2,1-2H3,(H,27,28). The molecule has 1 aromatic carbocycles. The number of rotatable bonds is 2. The van der Waals surface area contributed by atoms with Crippen molar-refractivity contribution in [1.29, 1.82) is 0 Å². The molecule has 3 aromatic rings. The summed E-state index contributed by atoms with van der Waals surface area (Å²) in [7, 11) is 0. The zero-order valence-electron chi connectivity index (χ0n) is 15.4. The number of likely N-dealkylation sites (tertiary alicyclic amines) is 1. The highest BCUT2D eigenvalue weighted by molar-refractivity contribution is 6.29. The third-order valence-electron chi connectivity index (χ3n) is 5.18. The molecule has 3 heterocycles. The van der Waals surface area contributed by atoms with E-state index in [9.17, 15) is 9.18 Å². The summed E-state index contributed by atoms with van der Waals surface area (Å²) in [6, 6.07) is 5.53. The number of aryl methyl sites for hydroxylation is 2. The number of piperidine rings is 1. The Morgan fingerprint density at radius 2 is 2.07 bits per heavy atom. The lowest BCUT2D eigenvalue weighted by Gasteiger charge is -2.34. The van der Waals surface area contributed by atoms with Crippen LogP contribution in [-0.4, -0.2) is 55.1 Å². The van der Waals surface area contributed by atoms with Crippen LogP contribution in [0.4, 0.5) is 9.18 Å². The van der Waals surface area contributed by atoms with Gasteiger partial charge in [0, 0.05) is 23.9 Å². The molecule has 28 heavy (non-hydrogen) atoms. The van der Waals surface area contributed by atoms with Gasteiger partial charge in [-0.3, -0.25) is 0 Å². The number of halogens is 2. The van der Waals surface area contributed by atoms with Crippen LogP contribution in [0.15, 0.2) is 24.4 Å². The molecular formula is C19H19ClFN5O2. The molecule has 0 spiro atoms. The maximum absolute atomic E-state index is 14.8. The Hall–Kier alpha value is -2.74. The fraction of sp³-hybridized carbons (Fsp3) is 0.368. The summed E-state index contributed by atoms with van der Waals surface area (Å²) in [4.78, 5) is 20.7. The monoisotopic (exact) mass is 403 g/mol. The van der Waals surface area contributed by atoms with Crippen LogP contribution in [0.3, 0.4) is 0 Å². The van der Waals surface area contributed by atoms with E-state index in [0.717, 1.165) is 26.9 Å². The molecule has 2 atom stereocenters. The summed E-state index contributed by atoms with van der Waals surface area (Å²) in [6.45, 7) is 3.89. The van der Waals surface area contributed by atoms with Crippen molar-refractivity contribution in [1.82, 2.24) is 24.6 Å². The molecule has 2 aromatic heterocycles. The fourth-order valence-electron chi connectivity index (χ4n) is 3.84. The zero-order chi connectivity index (χ0) is 20.0. The third kappa shape index (κ3) is 3.28. The van der Waals surface area contributed by atoms with Crippen molar-refractivity contribution in [2.45, 2.75) is 32.4 Å². The van der Waals surface area contributed by atoms with Crippen LogP contribution < -0.4 is 0 Å². The van der Waals surface area contributed by atoms with Crippen molar-refractivity contribution in [3.8, 4) is 5.82 Å². The first-order valence-corrected chi connectivity index (χ1v) is 9.33. The molecule has 4 rings (SSSR count). The summed E-state index contributed by atoms with van der Waals surface area (Å²) in [5, 5.41) is 14.8. The minimum Gasteiger partial charge on any atom is -0.465 e. The minimum absolute atomic E-state index is 0.114. The van der Waals surface area contributed by atoms with Crippen LogP contribution in [0, 0.1) is 13.8 Å². The molecule has 0 aliphatic carbocycles. The summed E-state index contributed by atoms with van der Waals surface area (Å²) in [5.41, 5.74) is 2.62. The Balaban J connectivity index is 1.76. The van der Waals surface area contributed by atoms with Gasteiger partial charge in [-0.25, -0.2) is 23.8 Å². The average Bonchev–Trinajstić information content (AvgIpc) is 3.03. The number of fused-ring (bicyclic) bond motifs is 1. The first kappa shape index (κ1) is 18.6. The van der Waals surface area contributed by atoms with E-state index in [1.165, 1.54) is 0 Å². The topological polar surface area (TPSA) is 84.1 Å². The van der Waals surface area contributed by atoms with E-state index in [1.807, 2.05) is 19.1 Å². The molecule has 0 saturated carbocycles. The molecule has 1 saturated heterocycles. The van der Waals surface area contributed by atoms with E-state index >= 15 is 0 Å². The summed E-state index contributed by atoms with van der Waals surface area (Å²) in [6.07, 6.45) is -0.167. The van der Waals surface area contributed by atoms with Crippen LogP contribution in [0.1, 0.15) is 29.3 Å². The van der Waals surface area contributed by atoms with Crippen LogP contribution in [-0.2, 0) is 0 Å². The lowest BCUT2D eigenvalue weighted by atomic mass is 9.85. The number of amides is 1. The zero-order valence-corrected chi connectivity index (χ0v) is 16.2. The smallest absolute Gasteiger partial charge is 0.407 e. The predicted octanol–water partition coefficient (Wildman–Crippen LogP) is 3.89. The van der Waals surface area contributed by atoms with Gasteiger partial charge < -0.3 is 10.0 Å². The molecule has 1 aliphatic rings. The molecule has 7 nitrogen and oxygen atoms in total. The highest BCUT2D eigenvalue weighted by atomic mass is 35.5. The summed E-state index contributed by atoms with van der Waals surface area (Å²) in [5.74, 6) is 0.710. The van der Waals surface area contributed by atoms with Gasteiger partial charge in [0.05, 0.1) is 18.3 Å². The SMILES string of the molecule is Cc1nc(Cl)cc(-n2ncc3cc(C)c(C4CCN(C(=O)O)CC4F)cc32)n1. The number of carboxylic acid groups (broad SMARTS) is 1. The molecule has 2 unspecified atom stereocenters. The van der Waals surface area contributed by atoms with E-state index < -0.39 is 12.3 Å². The summed E-state index contributed by atoms with van der Waals surface area (Å²) >= 11 is 6.06. The Morgan fingerprint density at radius 3 is 2.75 bits per heavy atom. The van der Waals surface area contributed by atoms with Gasteiger partial charge in [-0.15, -0.1) is 0 Å². The van der Waals surface area contributed by atoms with Gasteiger partial charge in [-0.1, -0.05) is 11.6 Å². The van der Waals surface area contributed by atoms with Gasteiger partial charge in [0.1, 0.15) is 17.1 Å². The number of benzene rings is 1. The molecule has 1 aliphatic heterocycles. The van der Waals surface area contributed by atoms with E-state index in [-0.39, 0.29) is 12.5 Å². The quantitative estimate of drug-likeness (QED) is 0.656. The molecule has 9 heteroatoms. The van der Waals surface area contributed by atoms with Crippen molar-refractivity contribution in [2.24, 2.45) is 0 Å². The van der Waals surface area contributed by atoms with Gasteiger partial charge in [-0.05, 0) is 43.5 Å². The van der Waals surface area contributed by atoms with Gasteiger partial charge in [-0.2, -0.15) is 5.10 Å². The van der Waals surface area contributed by atoms with E-state index in [4.69, 9.17) is 16.7 Å². The maximum Gasteiger partial charge on any atom is 0.407 e. The van der Waals surface area contributed by atoms with Crippen molar-refractivity contribution in [3.05, 3.63) is 46.5 Å². The molecule has 1 amide bonds. The Labute approximate surface area is 165 Å². The van der Waals surface area contributed by atoms with Crippen LogP contribution in [0.25, 0.3) is 16.7 Å². The number of hydrogen-bond acceptors (Lipinski definition) is 4. The highest BCUT2D eigenvalue weighted by Crippen LogP contribution is 2.35. The Kier molecular flexibility index (Phi) is 4.66. The second-order valence-electron chi connectivity index (χ2n) is 7.06. The maximum atomic E-state index is 14.8. The normalized spacial score (nSPS) is 19.9. The van der Waals surface area contributed by atoms with Crippen LogP contribution in [0.2, 0.25) is 5.15 Å². The van der Waals surface area contributed by atoms with Gasteiger partial charge in [0.15, 0.2) is 5.82 Å². The molecular weight excluding hydrogens is 385 g/mol. The van der Waals surface area contributed by atoms with Crippen molar-refractivity contribution < 1.29 is 14.3 Å². The number of nitrogens with zero attached hydrogens (tertiary/aromatic N) is 5. The molecule has 146 valence electrons. The fourth-order valence-corrected chi connectivity index (χ4v) is 4.06. The van der Waals surface area contributed by atoms with Gasteiger partial charge >= 0.3 is 6.09 Å². The second kappa shape index (κ2) is 7.01. The van der Waals surface area contributed by atoms with E-state index in [0.29, 0.717) is 29.8 Å². The molecule has 0 radical (unpaired) electrons. The number of aromatic nitrogens is 4. The van der Waals surface area contributed by atoms with Crippen molar-refractivity contribution >= 4 is 28.6 Å². The first-order valence-electron chi connectivity index (χ1n) is 8.95. The largest absolute Gasteiger partial charge is 0.465 e. The first-order chi connectivity index (χ1) is 13.3. The Morgan fingerprint density at radius 1 is 1.29 bits per heavy atom. The van der Waals surface area contributed by atoms with E-state index in [2.05, 4.69) is 15.1 Å². The summed E-state index contributed by atoms with van der Waals surface area (Å²) < 4.78 is 16.5. The lowest BCUT2D eigenvalue weighted by Crippen LogP contribution is -2.43. The Bertz CT molecular complexity index is 1050. The van der Waals surface area contributed by atoms with Crippen LogP contribution in [0.5, 0.6) is 0 Å². The van der Waals surface area contributed by atoms with Crippen molar-refractivity contribution in [3.63, 3.8) is 0 Å². The third-order valence-corrected chi connectivity index (χ3v) is 5.37. The van der Waals surface area contributed by atoms with Gasteiger partial charge in [0.25, 0.3) is 0 Å². The number of hydrogen-bond donors (Lipinski definition) is 1. The molecule has 1 fully saturated rings. The highest BCUT2D eigenvalue weighted by Gasteiger charge is 2.33. The van der Waals surface area contributed by atoms with Crippen LogP contribution >= 0.6 is 11.6 Å². The van der Waals surface area contributed by atoms with Crippen molar-refractivity contribution in [2.75, 3.05) is 13.1 Å². The number of carbonyl (C=O) groups is 1. The lowest BCUT2D eigenvalue weighted by molar-refractivity contribution is 0.0962. The van der Waals surface area contributed by atoms with E-state index in [1.54, 1.807) is 23.9 Å².